The summed E-state index contributed by atoms with van der Waals surface area (Å²) >= 11 is 0. The van der Waals surface area contributed by atoms with E-state index in [-0.39, 0.29) is 68.5 Å². The normalized spacial score (nSPS) is 15.2. The first-order valence-corrected chi connectivity index (χ1v) is 12.0. The molecule has 37 heavy (non-hydrogen) atoms. The van der Waals surface area contributed by atoms with Gasteiger partial charge in [-0.25, -0.2) is 0 Å². The van der Waals surface area contributed by atoms with E-state index in [9.17, 15) is 4.11 Å². The second-order valence-electron chi connectivity index (χ2n) is 8.97. The van der Waals surface area contributed by atoms with Crippen LogP contribution in [0.15, 0.2) is 138 Å². The van der Waals surface area contributed by atoms with E-state index in [1.54, 1.807) is 0 Å². The lowest BCUT2D eigenvalue weighted by Crippen LogP contribution is -1.90. The van der Waals surface area contributed by atoms with Gasteiger partial charge in [-0.15, -0.1) is 0 Å². The van der Waals surface area contributed by atoms with E-state index < -0.39 is 24.2 Å². The fourth-order valence-electron chi connectivity index (χ4n) is 5.29. The minimum atomic E-state index is -0.536. The standard InChI is InChI=1S/C36H22O/c1-2-10-23(11-3-1)35-28-14-6-8-16-30(28)36(31-17-9-7-15-29(31)35)26-18-19-27-32-20-24-12-4-5-13-25(24)21-34(32)37-33(27)22-26/h1-22H/i4D,5D,12D,13D,18D,19D,20D,21D,22D. The lowest BCUT2D eigenvalue weighted by molar-refractivity contribution is 0.669. The third kappa shape index (κ3) is 3.04. The zero-order chi connectivity index (χ0) is 32.2. The fourth-order valence-corrected chi connectivity index (χ4v) is 5.29. The van der Waals surface area contributed by atoms with Gasteiger partial charge >= 0.3 is 0 Å². The summed E-state index contributed by atoms with van der Waals surface area (Å²) in [4.78, 5) is 0. The molecule has 1 nitrogen and oxygen atoms in total. The van der Waals surface area contributed by atoms with Crippen molar-refractivity contribution in [3.63, 3.8) is 0 Å². The molecule has 0 aliphatic heterocycles. The quantitative estimate of drug-likeness (QED) is 0.225. The molecular formula is C36H22O. The minimum absolute atomic E-state index is 0.00363. The number of benzene rings is 7. The van der Waals surface area contributed by atoms with Crippen molar-refractivity contribution < 1.29 is 16.8 Å². The zero-order valence-corrected chi connectivity index (χ0v) is 19.4. The monoisotopic (exact) mass is 479 g/mol. The molecule has 0 bridgehead atoms. The van der Waals surface area contributed by atoms with Gasteiger partial charge in [-0.2, -0.15) is 0 Å². The van der Waals surface area contributed by atoms with E-state index in [1.165, 1.54) is 0 Å². The van der Waals surface area contributed by atoms with Gasteiger partial charge in [0.25, 0.3) is 0 Å². The van der Waals surface area contributed by atoms with Crippen LogP contribution >= 0.6 is 0 Å². The predicted molar refractivity (Wildman–Crippen MR) is 157 cm³/mol. The van der Waals surface area contributed by atoms with Crippen molar-refractivity contribution in [2.75, 3.05) is 0 Å². The maximum Gasteiger partial charge on any atom is 0.136 e. The van der Waals surface area contributed by atoms with Gasteiger partial charge in [-0.1, -0.05) is 109 Å². The summed E-state index contributed by atoms with van der Waals surface area (Å²) in [6, 6.07) is 22.1. The lowest BCUT2D eigenvalue weighted by Gasteiger charge is -2.17. The van der Waals surface area contributed by atoms with Crippen LogP contribution in [-0.4, -0.2) is 0 Å². The molecule has 0 N–H and O–H groups in total. The molecule has 7 aromatic carbocycles. The average molecular weight is 480 g/mol. The third-order valence-corrected chi connectivity index (χ3v) is 6.88. The van der Waals surface area contributed by atoms with E-state index in [0.29, 0.717) is 5.56 Å². The Hall–Kier alpha value is -4.88. The number of hydrogen-bond donors (Lipinski definition) is 0. The van der Waals surface area contributed by atoms with E-state index in [1.807, 2.05) is 78.9 Å². The highest BCUT2D eigenvalue weighted by atomic mass is 16.3. The lowest BCUT2D eigenvalue weighted by atomic mass is 9.86. The molecule has 0 aliphatic carbocycles. The second kappa shape index (κ2) is 7.81. The summed E-state index contributed by atoms with van der Waals surface area (Å²) in [5.74, 6) is 0. The van der Waals surface area contributed by atoms with Crippen LogP contribution in [0.1, 0.15) is 12.3 Å². The highest BCUT2D eigenvalue weighted by Gasteiger charge is 2.17. The van der Waals surface area contributed by atoms with Gasteiger partial charge in [0.15, 0.2) is 0 Å². The molecule has 0 unspecified atom stereocenters. The van der Waals surface area contributed by atoms with Crippen molar-refractivity contribution in [1.29, 1.82) is 0 Å². The highest BCUT2D eigenvalue weighted by molar-refractivity contribution is 6.22. The van der Waals surface area contributed by atoms with Gasteiger partial charge in [0.2, 0.25) is 0 Å². The minimum Gasteiger partial charge on any atom is -0.456 e. The van der Waals surface area contributed by atoms with Gasteiger partial charge in [-0.3, -0.25) is 0 Å². The van der Waals surface area contributed by atoms with Crippen molar-refractivity contribution in [3.8, 4) is 22.3 Å². The summed E-state index contributed by atoms with van der Waals surface area (Å²) in [5.41, 5.74) is 2.55. The largest absolute Gasteiger partial charge is 0.456 e. The molecule has 8 aromatic rings. The smallest absolute Gasteiger partial charge is 0.136 e. The number of fused-ring (bicyclic) bond motifs is 6. The van der Waals surface area contributed by atoms with Crippen LogP contribution in [0.25, 0.3) is 76.5 Å². The Bertz CT molecular complexity index is 2570. The Morgan fingerprint density at radius 3 is 1.62 bits per heavy atom. The molecular weight excluding hydrogens is 448 g/mol. The fraction of sp³-hybridized carbons (Fsp3) is 0. The molecule has 0 radical (unpaired) electrons. The van der Waals surface area contributed by atoms with Crippen molar-refractivity contribution in [3.05, 3.63) is 133 Å². The second-order valence-corrected chi connectivity index (χ2v) is 8.97. The molecule has 1 aromatic heterocycles. The summed E-state index contributed by atoms with van der Waals surface area (Å²) in [6.07, 6.45) is 0. The van der Waals surface area contributed by atoms with Gasteiger partial charge in [-0.05, 0) is 78.7 Å². The molecule has 0 fully saturated rings. The van der Waals surface area contributed by atoms with Crippen LogP contribution in [0.2, 0.25) is 0 Å². The van der Waals surface area contributed by atoms with Crippen LogP contribution in [0.4, 0.5) is 0 Å². The molecule has 0 atom stereocenters. The average Bonchev–Trinajstić information content (AvgIpc) is 3.49. The van der Waals surface area contributed by atoms with Crippen LogP contribution in [0.5, 0.6) is 0 Å². The SMILES string of the molecule is [2H]c1c([2H])c([2H])c2c([2H])c3c(oc4c([2H])c(-c5c6ccccc6c(-c6ccccc6)c6ccccc56)c([2H])c([2H])c43)c([2H])c2c1[2H]. The zero-order valence-electron chi connectivity index (χ0n) is 28.4. The van der Waals surface area contributed by atoms with E-state index in [4.69, 9.17) is 12.6 Å². The van der Waals surface area contributed by atoms with Gasteiger partial charge in [0.1, 0.15) is 11.2 Å². The molecule has 0 amide bonds. The number of rotatable bonds is 2. The van der Waals surface area contributed by atoms with Gasteiger partial charge in [0.05, 0.1) is 12.3 Å². The molecule has 1 heterocycles. The Morgan fingerprint density at radius 2 is 0.973 bits per heavy atom. The topological polar surface area (TPSA) is 13.1 Å². The molecule has 172 valence electrons. The first-order valence-electron chi connectivity index (χ1n) is 16.5. The summed E-state index contributed by atoms with van der Waals surface area (Å²) in [7, 11) is 0. The molecule has 0 saturated heterocycles. The van der Waals surface area contributed by atoms with Crippen molar-refractivity contribution in [2.24, 2.45) is 0 Å². The molecule has 1 heteroatoms. The van der Waals surface area contributed by atoms with Crippen molar-refractivity contribution in [1.82, 2.24) is 0 Å². The van der Waals surface area contributed by atoms with E-state index in [0.717, 1.165) is 32.7 Å². The van der Waals surface area contributed by atoms with E-state index in [2.05, 4.69) is 0 Å². The Morgan fingerprint density at radius 1 is 0.432 bits per heavy atom. The van der Waals surface area contributed by atoms with Crippen LogP contribution in [0.3, 0.4) is 0 Å². The summed E-state index contributed by atoms with van der Waals surface area (Å²) in [6.45, 7) is 0. The Kier molecular flexibility index (Phi) is 2.84. The molecule has 0 spiro atoms. The number of furan rings is 1. The van der Waals surface area contributed by atoms with Crippen LogP contribution < -0.4 is 0 Å². The maximum atomic E-state index is 9.44. The van der Waals surface area contributed by atoms with Crippen molar-refractivity contribution in [2.45, 2.75) is 0 Å². The molecule has 8 rings (SSSR count). The van der Waals surface area contributed by atoms with Crippen LogP contribution in [-0.2, 0) is 0 Å². The maximum absolute atomic E-state index is 9.44. The predicted octanol–water partition coefficient (Wildman–Crippen LogP) is 10.4. The third-order valence-electron chi connectivity index (χ3n) is 6.88. The van der Waals surface area contributed by atoms with Gasteiger partial charge in [0, 0.05) is 10.8 Å². The summed E-state index contributed by atoms with van der Waals surface area (Å²) < 4.78 is 85.1. The number of hydrogen-bond acceptors (Lipinski definition) is 1. The Balaban J connectivity index is 1.56. The van der Waals surface area contributed by atoms with Crippen LogP contribution in [0, 0.1) is 0 Å². The first-order chi connectivity index (χ1) is 22.1. The Labute approximate surface area is 226 Å². The molecule has 0 aliphatic rings. The highest BCUT2D eigenvalue weighted by Crippen LogP contribution is 2.44. The van der Waals surface area contributed by atoms with Crippen molar-refractivity contribution >= 4 is 54.3 Å². The molecule has 0 saturated carbocycles. The van der Waals surface area contributed by atoms with E-state index >= 15 is 0 Å². The first kappa shape index (κ1) is 13.4. The van der Waals surface area contributed by atoms with Gasteiger partial charge < -0.3 is 4.42 Å². The summed E-state index contributed by atoms with van der Waals surface area (Å²) in [5, 5.41) is 3.04.